The van der Waals surface area contributed by atoms with Gasteiger partial charge in [-0.3, -0.25) is 4.79 Å². The molecular weight excluding hydrogens is 338 g/mol. The third-order valence-electron chi connectivity index (χ3n) is 4.41. The molecule has 130 valence electrons. The summed E-state index contributed by atoms with van der Waals surface area (Å²) in [6.07, 6.45) is 4.37. The van der Waals surface area contributed by atoms with Gasteiger partial charge in [-0.1, -0.05) is 31.0 Å². The summed E-state index contributed by atoms with van der Waals surface area (Å²) in [4.78, 5) is 14.3. The van der Waals surface area contributed by atoms with Crippen LogP contribution in [-0.4, -0.2) is 23.4 Å². The summed E-state index contributed by atoms with van der Waals surface area (Å²) in [5, 5.41) is 0.367. The Labute approximate surface area is 148 Å². The number of hydrogen-bond acceptors (Lipinski definition) is 2. The highest BCUT2D eigenvalue weighted by Crippen LogP contribution is 2.28. The van der Waals surface area contributed by atoms with E-state index in [1.54, 1.807) is 17.0 Å². The van der Waals surface area contributed by atoms with Crippen LogP contribution in [0.1, 0.15) is 44.6 Å². The summed E-state index contributed by atoms with van der Waals surface area (Å²) in [6.45, 7) is 2.83. The zero-order valence-electron chi connectivity index (χ0n) is 13.4. The number of rotatable bonds is 6. The van der Waals surface area contributed by atoms with Crippen LogP contribution in [0.4, 0.5) is 4.39 Å². The lowest BCUT2D eigenvalue weighted by atomic mass is 9.99. The number of carbonyl (C=O) groups excluding carboxylic acids is 1. The quantitative estimate of drug-likeness (QED) is 0.825. The van der Waals surface area contributed by atoms with Crippen molar-refractivity contribution in [2.75, 3.05) is 6.54 Å². The maximum atomic E-state index is 13.9. The molecule has 0 radical (unpaired) electrons. The molecule has 0 bridgehead atoms. The van der Waals surface area contributed by atoms with Crippen molar-refractivity contribution in [3.05, 3.63) is 34.6 Å². The number of amides is 1. The van der Waals surface area contributed by atoms with Gasteiger partial charge in [0, 0.05) is 36.1 Å². The van der Waals surface area contributed by atoms with Gasteiger partial charge in [0.05, 0.1) is 0 Å². The van der Waals surface area contributed by atoms with E-state index in [4.69, 9.17) is 17.3 Å². The van der Waals surface area contributed by atoms with Crippen molar-refractivity contribution < 1.29 is 9.18 Å². The normalized spacial score (nSPS) is 20.2. The summed E-state index contributed by atoms with van der Waals surface area (Å²) < 4.78 is 13.9. The molecule has 1 aromatic carbocycles. The Hall–Kier alpha value is -0.840. The van der Waals surface area contributed by atoms with Gasteiger partial charge in [0.1, 0.15) is 5.82 Å². The Morgan fingerprint density at radius 2 is 2.17 bits per heavy atom. The highest BCUT2D eigenvalue weighted by Gasteiger charge is 2.28. The van der Waals surface area contributed by atoms with Crippen LogP contribution < -0.4 is 5.73 Å². The molecule has 23 heavy (non-hydrogen) atoms. The lowest BCUT2D eigenvalue weighted by molar-refractivity contribution is -0.133. The minimum atomic E-state index is -0.362. The minimum Gasteiger partial charge on any atom is -0.338 e. The number of halogens is 3. The number of nitrogens with two attached hydrogens (primary N) is 1. The predicted molar refractivity (Wildman–Crippen MR) is 94.3 cm³/mol. The van der Waals surface area contributed by atoms with E-state index in [9.17, 15) is 9.18 Å². The largest absolute Gasteiger partial charge is 0.338 e. The van der Waals surface area contributed by atoms with Crippen molar-refractivity contribution in [1.29, 1.82) is 0 Å². The van der Waals surface area contributed by atoms with Crippen LogP contribution in [0.3, 0.4) is 0 Å². The van der Waals surface area contributed by atoms with Crippen molar-refractivity contribution in [3.8, 4) is 0 Å². The van der Waals surface area contributed by atoms with Crippen LogP contribution in [0.25, 0.3) is 0 Å². The van der Waals surface area contributed by atoms with Crippen molar-refractivity contribution in [2.45, 2.75) is 51.6 Å². The molecular formula is C17H25Cl2FN2O. The van der Waals surface area contributed by atoms with Crippen LogP contribution in [0.5, 0.6) is 0 Å². The zero-order valence-corrected chi connectivity index (χ0v) is 15.0. The second-order valence-corrected chi connectivity index (χ2v) is 6.48. The molecule has 1 saturated carbocycles. The van der Waals surface area contributed by atoms with E-state index in [-0.39, 0.29) is 42.6 Å². The number of carbonyl (C=O) groups is 1. The first-order valence-electron chi connectivity index (χ1n) is 7.99. The first kappa shape index (κ1) is 20.2. The maximum absolute atomic E-state index is 13.9. The van der Waals surface area contributed by atoms with Crippen LogP contribution >= 0.6 is 24.0 Å². The fraction of sp³-hybridized carbons (Fsp3) is 0.588. The van der Waals surface area contributed by atoms with Crippen molar-refractivity contribution in [2.24, 2.45) is 11.7 Å². The van der Waals surface area contributed by atoms with Crippen LogP contribution in [0.2, 0.25) is 5.02 Å². The monoisotopic (exact) mass is 362 g/mol. The molecule has 0 unspecified atom stereocenters. The van der Waals surface area contributed by atoms with E-state index in [2.05, 4.69) is 0 Å². The molecule has 2 rings (SSSR count). The fourth-order valence-corrected chi connectivity index (χ4v) is 3.33. The van der Waals surface area contributed by atoms with Gasteiger partial charge in [0.15, 0.2) is 0 Å². The highest BCUT2D eigenvalue weighted by atomic mass is 35.5. The van der Waals surface area contributed by atoms with Gasteiger partial charge in [0.2, 0.25) is 5.91 Å². The summed E-state index contributed by atoms with van der Waals surface area (Å²) in [6, 6.07) is 4.72. The predicted octanol–water partition coefficient (Wildman–Crippen LogP) is 4.16. The molecule has 1 amide bonds. The fourth-order valence-electron chi connectivity index (χ4n) is 3.11. The third kappa shape index (κ3) is 5.33. The lowest BCUT2D eigenvalue weighted by Crippen LogP contribution is -2.35. The molecule has 2 N–H and O–H groups in total. The molecule has 1 aliphatic rings. The molecule has 0 saturated heterocycles. The Kier molecular flexibility index (Phi) is 8.31. The molecule has 1 fully saturated rings. The van der Waals surface area contributed by atoms with Crippen molar-refractivity contribution in [1.82, 2.24) is 4.90 Å². The number of nitrogens with zero attached hydrogens (tertiary/aromatic N) is 1. The molecule has 0 spiro atoms. The first-order valence-corrected chi connectivity index (χ1v) is 8.37. The number of hydrogen-bond donors (Lipinski definition) is 1. The van der Waals surface area contributed by atoms with Gasteiger partial charge in [-0.05, 0) is 37.3 Å². The molecule has 2 atom stereocenters. The molecule has 0 aromatic heterocycles. The zero-order chi connectivity index (χ0) is 16.1. The number of benzene rings is 1. The molecule has 3 nitrogen and oxygen atoms in total. The van der Waals surface area contributed by atoms with Gasteiger partial charge >= 0.3 is 0 Å². The van der Waals surface area contributed by atoms with Gasteiger partial charge in [-0.25, -0.2) is 4.39 Å². The Morgan fingerprint density at radius 3 is 2.74 bits per heavy atom. The second-order valence-electron chi connectivity index (χ2n) is 6.07. The van der Waals surface area contributed by atoms with Crippen LogP contribution in [-0.2, 0) is 11.3 Å². The third-order valence-corrected chi connectivity index (χ3v) is 4.77. The van der Waals surface area contributed by atoms with E-state index in [1.165, 1.54) is 6.07 Å². The minimum absolute atomic E-state index is 0. The van der Waals surface area contributed by atoms with Crippen LogP contribution in [0, 0.1) is 11.7 Å². The molecule has 0 aliphatic heterocycles. The van der Waals surface area contributed by atoms with E-state index in [1.807, 2.05) is 6.92 Å². The van der Waals surface area contributed by atoms with E-state index in [0.717, 1.165) is 25.7 Å². The summed E-state index contributed by atoms with van der Waals surface area (Å²) in [7, 11) is 0. The van der Waals surface area contributed by atoms with E-state index in [0.29, 0.717) is 23.6 Å². The highest BCUT2D eigenvalue weighted by molar-refractivity contribution is 6.31. The topological polar surface area (TPSA) is 46.3 Å². The molecule has 6 heteroatoms. The Morgan fingerprint density at radius 1 is 1.43 bits per heavy atom. The smallest absolute Gasteiger partial charge is 0.223 e. The second kappa shape index (κ2) is 9.45. The van der Waals surface area contributed by atoms with Crippen molar-refractivity contribution in [3.63, 3.8) is 0 Å². The average Bonchev–Trinajstić information content (AvgIpc) is 2.87. The van der Waals surface area contributed by atoms with Crippen molar-refractivity contribution >= 4 is 29.9 Å². The summed E-state index contributed by atoms with van der Waals surface area (Å²) in [5.41, 5.74) is 6.44. The standard InChI is InChI=1S/C17H24ClFN2O.ClH/c1-2-9-21(11-13-14(18)6-4-7-15(13)19)17(22)10-12-5-3-8-16(12)20;/h4,6-7,12,16H,2-3,5,8-11,20H2,1H3;1H/t12-,16+;/m0./s1. The molecule has 0 heterocycles. The summed E-state index contributed by atoms with van der Waals surface area (Å²) >= 11 is 6.07. The summed E-state index contributed by atoms with van der Waals surface area (Å²) in [5.74, 6) is -0.0644. The average molecular weight is 363 g/mol. The van der Waals surface area contributed by atoms with Gasteiger partial charge in [0.25, 0.3) is 0 Å². The Bertz CT molecular complexity index is 507. The van der Waals surface area contributed by atoms with Gasteiger partial charge in [-0.15, -0.1) is 12.4 Å². The molecule has 1 aliphatic carbocycles. The maximum Gasteiger partial charge on any atom is 0.223 e. The van der Waals surface area contributed by atoms with E-state index < -0.39 is 0 Å². The van der Waals surface area contributed by atoms with E-state index >= 15 is 0 Å². The molecule has 1 aromatic rings. The SMILES string of the molecule is CCCN(Cc1c(F)cccc1Cl)C(=O)C[C@@H]1CCC[C@H]1N.Cl. The Balaban J connectivity index is 0.00000264. The lowest BCUT2D eigenvalue weighted by Gasteiger charge is -2.25. The van der Waals surface area contributed by atoms with Crippen LogP contribution in [0.15, 0.2) is 18.2 Å². The van der Waals surface area contributed by atoms with Gasteiger partial charge < -0.3 is 10.6 Å². The van der Waals surface area contributed by atoms with Gasteiger partial charge in [-0.2, -0.15) is 0 Å². The first-order chi connectivity index (χ1) is 10.5.